The van der Waals surface area contributed by atoms with Crippen LogP contribution in [0.4, 0.5) is 10.1 Å². The Balaban J connectivity index is 1.00. The summed E-state index contributed by atoms with van der Waals surface area (Å²) in [7, 11) is 0. The van der Waals surface area contributed by atoms with Crippen LogP contribution in [0.15, 0.2) is 42.5 Å². The van der Waals surface area contributed by atoms with Crippen LogP contribution >= 0.6 is 0 Å². The van der Waals surface area contributed by atoms with E-state index in [1.807, 2.05) is 37.3 Å². The summed E-state index contributed by atoms with van der Waals surface area (Å²) in [6.45, 7) is 10.2. The van der Waals surface area contributed by atoms with Crippen molar-refractivity contribution in [1.82, 2.24) is 4.98 Å². The maximum absolute atomic E-state index is 15.6. The Labute approximate surface area is 319 Å². The number of aliphatic hydroxyl groups excluding tert-OH is 2. The first-order valence-electron chi connectivity index (χ1n) is 20.3. The Morgan fingerprint density at radius 3 is 2.54 bits per heavy atom. The number of halogens is 1. The third kappa shape index (κ3) is 6.76. The first-order valence-corrected chi connectivity index (χ1v) is 20.3. The molecule has 7 rings (SSSR count). The molecule has 8 nitrogen and oxygen atoms in total. The van der Waals surface area contributed by atoms with Crippen LogP contribution < -0.4 is 5.32 Å². The van der Waals surface area contributed by atoms with Crippen molar-refractivity contribution in [3.63, 3.8) is 0 Å². The number of hydrogen-bond acceptors (Lipinski definition) is 7. The number of carboxylic acids is 1. The quantitative estimate of drug-likeness (QED) is 0.124. The fourth-order valence-electron chi connectivity index (χ4n) is 12.4. The highest BCUT2D eigenvalue weighted by molar-refractivity contribution is 6.08. The normalized spacial score (nSPS) is 35.2. The van der Waals surface area contributed by atoms with Gasteiger partial charge in [0.2, 0.25) is 0 Å². The molecule has 0 radical (unpaired) electrons. The predicted molar refractivity (Wildman–Crippen MR) is 208 cm³/mol. The van der Waals surface area contributed by atoms with Crippen molar-refractivity contribution in [3.8, 4) is 0 Å². The highest BCUT2D eigenvalue weighted by Crippen LogP contribution is 2.69. The molecule has 4 aliphatic carbocycles. The largest absolute Gasteiger partial charge is 0.481 e. The number of aryl methyl sites for hydroxylation is 2. The van der Waals surface area contributed by atoms with E-state index in [2.05, 4.69) is 31.1 Å². The zero-order valence-corrected chi connectivity index (χ0v) is 32.6. The molecule has 4 aliphatic rings. The Bertz CT molecular complexity index is 1920. The van der Waals surface area contributed by atoms with Crippen molar-refractivity contribution in [2.45, 2.75) is 130 Å². The van der Waals surface area contributed by atoms with Crippen LogP contribution in [0.25, 0.3) is 10.9 Å². The maximum Gasteiger partial charge on any atom is 0.303 e. The second-order valence-electron chi connectivity index (χ2n) is 18.2. The van der Waals surface area contributed by atoms with Crippen LogP contribution in [0.1, 0.15) is 119 Å². The van der Waals surface area contributed by atoms with Crippen molar-refractivity contribution >= 4 is 28.3 Å². The molecule has 54 heavy (non-hydrogen) atoms. The summed E-state index contributed by atoms with van der Waals surface area (Å²) in [4.78, 5) is 28.5. The number of carbonyl (C=O) groups is 2. The van der Waals surface area contributed by atoms with Crippen LogP contribution in [-0.4, -0.2) is 55.0 Å². The van der Waals surface area contributed by atoms with Crippen LogP contribution in [0.2, 0.25) is 0 Å². The Kier molecular flexibility index (Phi) is 10.5. The zero-order valence-electron chi connectivity index (χ0n) is 32.6. The number of aliphatic carboxylic acids is 1. The lowest BCUT2D eigenvalue weighted by Gasteiger charge is -2.64. The first-order chi connectivity index (χ1) is 25.6. The predicted octanol–water partition coefficient (Wildman–Crippen LogP) is 8.26. The molecular formula is C45H59FN2O6. The highest BCUT2D eigenvalue weighted by Gasteiger charge is 2.66. The van der Waals surface area contributed by atoms with Gasteiger partial charge in [-0.05, 0) is 142 Å². The molecule has 0 aliphatic heterocycles. The number of fused-ring (bicyclic) bond motifs is 6. The zero-order chi connectivity index (χ0) is 38.7. The van der Waals surface area contributed by atoms with Gasteiger partial charge in [-0.25, -0.2) is 4.39 Å². The molecule has 292 valence electrons. The van der Waals surface area contributed by atoms with Crippen molar-refractivity contribution in [3.05, 3.63) is 70.7 Å². The molecule has 0 saturated heterocycles. The van der Waals surface area contributed by atoms with E-state index in [1.165, 1.54) is 6.92 Å². The van der Waals surface area contributed by atoms with Gasteiger partial charge in [0.1, 0.15) is 5.82 Å². The Hall–Kier alpha value is -3.40. The number of nitrogens with zero attached hydrogens (tertiary/aromatic N) is 1. The second kappa shape index (κ2) is 14.6. The molecule has 2 aromatic carbocycles. The third-order valence-electron chi connectivity index (χ3n) is 15.4. The molecule has 9 heteroatoms. The minimum atomic E-state index is -0.920. The molecule has 1 heterocycles. The number of rotatable bonds is 11. The van der Waals surface area contributed by atoms with E-state index >= 15 is 4.39 Å². The van der Waals surface area contributed by atoms with E-state index < -0.39 is 23.8 Å². The van der Waals surface area contributed by atoms with Crippen molar-refractivity contribution in [2.75, 3.05) is 5.32 Å². The van der Waals surface area contributed by atoms with Gasteiger partial charge in [-0.2, -0.15) is 0 Å². The summed E-state index contributed by atoms with van der Waals surface area (Å²) in [5, 5.41) is 49.2. The average Bonchev–Trinajstić information content (AvgIpc) is 3.48. The standard InChI is InChI=1S/C45H59FN2O6/c1-25(10-15-39(52)53)32-13-14-33-41-34(22-38(51)44(32,33)5)43(4)18-19-45(54,23-30(43)21-37(41)50)17-16-28-11-12-29(35(46)20-28)24-47-42-31-8-6-7-9-36(31)48-26(2)40(42)27(3)49/h6-9,11-12,20,25,30,32-34,37-38,41,50-51,54H,10,13-19,21-24H2,1-5H3,(H,47,48)(H,52,53)/t25-,30?,32-,33?,34?,37?,38+,41?,43+,44-,45-/m1/s1. The second-order valence-corrected chi connectivity index (χ2v) is 18.2. The molecule has 0 amide bonds. The van der Waals surface area contributed by atoms with Gasteiger partial charge in [-0.3, -0.25) is 14.6 Å². The number of carbonyl (C=O) groups excluding carboxylic acids is 1. The number of para-hydroxylation sites is 1. The van der Waals surface area contributed by atoms with Gasteiger partial charge < -0.3 is 25.7 Å². The molecule has 0 spiro atoms. The highest BCUT2D eigenvalue weighted by atomic mass is 19.1. The van der Waals surface area contributed by atoms with Gasteiger partial charge in [-0.1, -0.05) is 51.1 Å². The maximum atomic E-state index is 15.6. The minimum absolute atomic E-state index is 0.0915. The summed E-state index contributed by atoms with van der Waals surface area (Å²) in [5.74, 6) is -0.240. The summed E-state index contributed by atoms with van der Waals surface area (Å²) < 4.78 is 15.6. The molecule has 3 aromatic rings. The topological polar surface area (TPSA) is 140 Å². The van der Waals surface area contributed by atoms with E-state index in [1.54, 1.807) is 12.1 Å². The SMILES string of the molecule is CC(=O)c1c(C)nc2ccccc2c1NCc1ccc(CC[C@@]2(O)CC[C@@]3(C)C(CC(O)C4C3C[C@H](O)[C@@]3(C)C4CC[C@@H]3[C@H](C)CCC(=O)O)C2)cc1F. The molecule has 4 fully saturated rings. The van der Waals surface area contributed by atoms with Crippen LogP contribution in [0, 0.1) is 59.1 Å². The lowest BCUT2D eigenvalue weighted by molar-refractivity contribution is -0.216. The molecule has 4 saturated carbocycles. The molecular weight excluding hydrogens is 684 g/mol. The lowest BCUT2D eigenvalue weighted by Crippen LogP contribution is -2.63. The number of nitrogens with one attached hydrogen (secondary N) is 1. The molecule has 1 aromatic heterocycles. The summed E-state index contributed by atoms with van der Waals surface area (Å²) in [5.41, 5.74) is 2.50. The number of aliphatic hydroxyl groups is 3. The number of carboxylic acid groups (broad SMARTS) is 1. The minimum Gasteiger partial charge on any atom is -0.481 e. The summed E-state index contributed by atoms with van der Waals surface area (Å²) in [6, 6.07) is 12.9. The van der Waals surface area contributed by atoms with Crippen molar-refractivity contribution in [2.24, 2.45) is 46.3 Å². The van der Waals surface area contributed by atoms with Gasteiger partial charge in [0.25, 0.3) is 0 Å². The van der Waals surface area contributed by atoms with Gasteiger partial charge >= 0.3 is 5.97 Å². The van der Waals surface area contributed by atoms with Gasteiger partial charge in [0.05, 0.1) is 40.3 Å². The first kappa shape index (κ1) is 38.9. The van der Waals surface area contributed by atoms with E-state index in [9.17, 15) is 30.0 Å². The number of Topliss-reactive ketones (excluding diaryl/α,β-unsaturated/α-hetero) is 1. The number of ketones is 1. The van der Waals surface area contributed by atoms with Crippen LogP contribution in [0.3, 0.4) is 0 Å². The fourth-order valence-corrected chi connectivity index (χ4v) is 12.4. The Morgan fingerprint density at radius 2 is 1.81 bits per heavy atom. The number of anilines is 1. The van der Waals surface area contributed by atoms with E-state index in [4.69, 9.17) is 0 Å². The smallest absolute Gasteiger partial charge is 0.303 e. The number of pyridine rings is 1. The van der Waals surface area contributed by atoms with Crippen molar-refractivity contribution in [1.29, 1.82) is 0 Å². The number of hydrogen-bond donors (Lipinski definition) is 5. The third-order valence-corrected chi connectivity index (χ3v) is 15.4. The number of benzene rings is 2. The molecule has 5 unspecified atom stereocenters. The summed E-state index contributed by atoms with van der Waals surface area (Å²) >= 11 is 0. The molecule has 11 atom stereocenters. The van der Waals surface area contributed by atoms with E-state index in [-0.39, 0.29) is 70.9 Å². The molecule has 5 N–H and O–H groups in total. The van der Waals surface area contributed by atoms with Crippen LogP contribution in [0.5, 0.6) is 0 Å². The summed E-state index contributed by atoms with van der Waals surface area (Å²) in [6.07, 6.45) is 5.97. The van der Waals surface area contributed by atoms with Crippen molar-refractivity contribution < 1.29 is 34.4 Å². The van der Waals surface area contributed by atoms with E-state index in [0.717, 1.165) is 35.7 Å². The number of aromatic nitrogens is 1. The Morgan fingerprint density at radius 1 is 1.06 bits per heavy atom. The van der Waals surface area contributed by atoms with E-state index in [0.29, 0.717) is 67.5 Å². The molecule has 0 bridgehead atoms. The van der Waals surface area contributed by atoms with Gasteiger partial charge in [-0.15, -0.1) is 0 Å². The monoisotopic (exact) mass is 742 g/mol. The van der Waals surface area contributed by atoms with Gasteiger partial charge in [0, 0.05) is 23.9 Å². The van der Waals surface area contributed by atoms with Gasteiger partial charge in [0.15, 0.2) is 5.78 Å². The average molecular weight is 743 g/mol. The lowest BCUT2D eigenvalue weighted by atomic mass is 9.42. The van der Waals surface area contributed by atoms with Crippen LogP contribution in [-0.2, 0) is 17.8 Å². The fraction of sp³-hybridized carbons (Fsp3) is 0.622.